The molecule has 2 aromatic rings. The summed E-state index contributed by atoms with van der Waals surface area (Å²) >= 11 is 0. The molecule has 0 spiro atoms. The SMILES string of the molecule is COC(=O)C1(C(=O)OC)Cc2c(C)nc(OCCN(C(=O)OC(C)(C)C)C3CC3)c(C)c2C1.Cc1nc(OCCN(C(=O)OC(C)(C)C)C2CC2)c(C)c2c1CC(C=O)C2. The molecular formula is C45H64N4O11. The second-order valence-corrected chi connectivity index (χ2v) is 18.4. The van der Waals surface area contributed by atoms with Crippen molar-refractivity contribution >= 4 is 30.4 Å². The fraction of sp³-hybridized carbons (Fsp3) is 0.667. The van der Waals surface area contributed by atoms with Crippen LogP contribution in [0.4, 0.5) is 9.59 Å². The van der Waals surface area contributed by atoms with Crippen molar-refractivity contribution in [3.05, 3.63) is 44.8 Å². The molecule has 1 unspecified atom stereocenters. The zero-order valence-electron chi connectivity index (χ0n) is 37.6. The Hall–Kier alpha value is -4.95. The summed E-state index contributed by atoms with van der Waals surface area (Å²) < 4.78 is 32.8. The van der Waals surface area contributed by atoms with Gasteiger partial charge in [0.2, 0.25) is 11.8 Å². The van der Waals surface area contributed by atoms with E-state index in [-0.39, 0.29) is 49.6 Å². The molecule has 2 saturated carbocycles. The lowest BCUT2D eigenvalue weighted by Crippen LogP contribution is -2.42. The molecule has 1 atom stereocenters. The normalized spacial score (nSPS) is 17.6. The lowest BCUT2D eigenvalue weighted by molar-refractivity contribution is -0.168. The van der Waals surface area contributed by atoms with Gasteiger partial charge in [-0.15, -0.1) is 0 Å². The second-order valence-electron chi connectivity index (χ2n) is 18.4. The van der Waals surface area contributed by atoms with Gasteiger partial charge in [0.05, 0.1) is 27.3 Å². The Bertz CT molecular complexity index is 1940. The summed E-state index contributed by atoms with van der Waals surface area (Å²) in [5, 5.41) is 0. The molecule has 0 radical (unpaired) electrons. The van der Waals surface area contributed by atoms with E-state index in [1.54, 1.807) is 9.80 Å². The number of hydrogen-bond acceptors (Lipinski definition) is 13. The lowest BCUT2D eigenvalue weighted by atomic mass is 9.84. The highest BCUT2D eigenvalue weighted by atomic mass is 16.6. The van der Waals surface area contributed by atoms with Crippen molar-refractivity contribution in [3.63, 3.8) is 0 Å². The summed E-state index contributed by atoms with van der Waals surface area (Å²) in [6, 6.07) is 0.438. The van der Waals surface area contributed by atoms with E-state index in [1.807, 2.05) is 69.2 Å². The van der Waals surface area contributed by atoms with Crippen LogP contribution in [0.5, 0.6) is 11.8 Å². The van der Waals surface area contributed by atoms with Gasteiger partial charge in [0, 0.05) is 53.4 Å². The number of hydrogen-bond donors (Lipinski definition) is 0. The van der Waals surface area contributed by atoms with Crippen LogP contribution in [0.25, 0.3) is 0 Å². The van der Waals surface area contributed by atoms with Gasteiger partial charge in [0.1, 0.15) is 30.7 Å². The van der Waals surface area contributed by atoms with Crippen LogP contribution in [0.1, 0.15) is 112 Å². The van der Waals surface area contributed by atoms with E-state index < -0.39 is 28.6 Å². The van der Waals surface area contributed by atoms with Crippen LogP contribution in [0, 0.1) is 39.0 Å². The lowest BCUT2D eigenvalue weighted by Gasteiger charge is -2.27. The number of fused-ring (bicyclic) bond motifs is 2. The van der Waals surface area contributed by atoms with E-state index in [0.717, 1.165) is 72.8 Å². The molecule has 2 amide bonds. The maximum absolute atomic E-state index is 12.6. The minimum atomic E-state index is -1.42. The molecule has 60 heavy (non-hydrogen) atoms. The molecule has 0 aliphatic heterocycles. The maximum Gasteiger partial charge on any atom is 0.410 e. The van der Waals surface area contributed by atoms with Gasteiger partial charge in [-0.2, -0.15) is 0 Å². The van der Waals surface area contributed by atoms with Crippen molar-refractivity contribution in [2.75, 3.05) is 40.5 Å². The summed E-state index contributed by atoms with van der Waals surface area (Å²) in [7, 11) is 2.53. The molecule has 0 N–H and O–H groups in total. The Morgan fingerprint density at radius 3 is 1.45 bits per heavy atom. The smallest absolute Gasteiger partial charge is 0.410 e. The maximum atomic E-state index is 12.6. The fourth-order valence-electron chi connectivity index (χ4n) is 7.92. The predicted molar refractivity (Wildman–Crippen MR) is 221 cm³/mol. The summed E-state index contributed by atoms with van der Waals surface area (Å²) in [4.78, 5) is 73.9. The number of esters is 2. The van der Waals surface area contributed by atoms with Crippen molar-refractivity contribution in [1.82, 2.24) is 19.8 Å². The molecule has 4 aliphatic rings. The molecule has 330 valence electrons. The fourth-order valence-corrected chi connectivity index (χ4v) is 7.92. The number of aryl methyl sites for hydroxylation is 2. The van der Waals surface area contributed by atoms with Crippen LogP contribution < -0.4 is 9.47 Å². The topological polar surface area (TPSA) is 173 Å². The Labute approximate surface area is 354 Å². The number of nitrogens with zero attached hydrogens (tertiary/aromatic N) is 4. The number of aldehydes is 1. The van der Waals surface area contributed by atoms with Gasteiger partial charge in [-0.1, -0.05) is 0 Å². The van der Waals surface area contributed by atoms with Crippen molar-refractivity contribution in [1.29, 1.82) is 0 Å². The number of carbonyl (C=O) groups excluding carboxylic acids is 5. The van der Waals surface area contributed by atoms with Gasteiger partial charge in [0.25, 0.3) is 0 Å². The molecule has 6 rings (SSSR count). The Morgan fingerprint density at radius 2 is 1.05 bits per heavy atom. The molecule has 0 aromatic carbocycles. The number of amides is 2. The van der Waals surface area contributed by atoms with Gasteiger partial charge < -0.3 is 43.0 Å². The van der Waals surface area contributed by atoms with Crippen molar-refractivity contribution < 1.29 is 52.4 Å². The predicted octanol–water partition coefficient (Wildman–Crippen LogP) is 6.30. The molecule has 4 aliphatic carbocycles. The molecule has 2 aromatic heterocycles. The molecule has 0 bridgehead atoms. The van der Waals surface area contributed by atoms with Crippen LogP contribution in [-0.4, -0.2) is 114 Å². The van der Waals surface area contributed by atoms with Gasteiger partial charge in [0.15, 0.2) is 5.41 Å². The average molecular weight is 837 g/mol. The number of carbonyl (C=O) groups is 5. The van der Waals surface area contributed by atoms with Gasteiger partial charge in [-0.3, -0.25) is 9.59 Å². The van der Waals surface area contributed by atoms with Crippen LogP contribution in [0.3, 0.4) is 0 Å². The minimum Gasteiger partial charge on any atom is -0.476 e. The van der Waals surface area contributed by atoms with E-state index in [9.17, 15) is 24.0 Å². The number of aromatic nitrogens is 2. The quantitative estimate of drug-likeness (QED) is 0.0954. The molecule has 2 heterocycles. The monoisotopic (exact) mass is 836 g/mol. The van der Waals surface area contributed by atoms with E-state index in [2.05, 4.69) is 9.97 Å². The molecule has 15 heteroatoms. The van der Waals surface area contributed by atoms with Gasteiger partial charge in [-0.25, -0.2) is 19.6 Å². The Morgan fingerprint density at radius 1 is 0.650 bits per heavy atom. The van der Waals surface area contributed by atoms with Crippen LogP contribution in [-0.2, 0) is 59.0 Å². The van der Waals surface area contributed by atoms with Gasteiger partial charge in [-0.05, 0) is 130 Å². The van der Waals surface area contributed by atoms with E-state index in [0.29, 0.717) is 37.2 Å². The number of rotatable bonds is 13. The first-order valence-electron chi connectivity index (χ1n) is 21.0. The second kappa shape index (κ2) is 18.3. The largest absolute Gasteiger partial charge is 0.476 e. The summed E-state index contributed by atoms with van der Waals surface area (Å²) in [6.07, 6.45) is 6.23. The first-order valence-corrected chi connectivity index (χ1v) is 21.0. The van der Waals surface area contributed by atoms with Crippen LogP contribution in [0.15, 0.2) is 0 Å². The van der Waals surface area contributed by atoms with E-state index in [4.69, 9.17) is 28.4 Å². The summed E-state index contributed by atoms with van der Waals surface area (Å²) in [6.45, 7) is 20.3. The number of ether oxygens (including phenoxy) is 6. The third-order valence-corrected chi connectivity index (χ3v) is 11.3. The first kappa shape index (κ1) is 46.1. The minimum absolute atomic E-state index is 0.0481. The van der Waals surface area contributed by atoms with Crippen molar-refractivity contribution in [2.45, 2.75) is 144 Å². The third kappa shape index (κ3) is 10.9. The van der Waals surface area contributed by atoms with Gasteiger partial charge >= 0.3 is 24.1 Å². The molecule has 0 saturated heterocycles. The van der Waals surface area contributed by atoms with Crippen molar-refractivity contribution in [3.8, 4) is 11.8 Å². The Kier molecular flexibility index (Phi) is 14.1. The molecule has 15 nitrogen and oxygen atoms in total. The number of methoxy groups -OCH3 is 2. The highest BCUT2D eigenvalue weighted by Gasteiger charge is 2.54. The molecular weight excluding hydrogens is 773 g/mol. The van der Waals surface area contributed by atoms with Crippen LogP contribution in [0.2, 0.25) is 0 Å². The standard InChI is InChI=1S/C24H34N2O7.C21H30N2O4/c1-14-17-12-24(20(27)30-6,21(28)31-7)13-18(17)15(2)25-19(14)32-11-10-26(16-8-9-16)22(29)33-23(3,4)5;1-13-17-10-15(12-24)11-18(17)14(2)22-19(13)26-9-8-23(16-6-7-16)20(25)27-21(3,4)5/h16H,8-13H2,1-7H3;12,15-16H,6-11H2,1-5H3. The summed E-state index contributed by atoms with van der Waals surface area (Å²) in [5.41, 5.74) is 4.97. The zero-order chi connectivity index (χ0) is 44.3. The average Bonchev–Trinajstić information content (AvgIpc) is 4.11. The highest BCUT2D eigenvalue weighted by molar-refractivity contribution is 6.01. The van der Waals surface area contributed by atoms with Crippen LogP contribution >= 0.6 is 0 Å². The number of pyridine rings is 2. The highest BCUT2D eigenvalue weighted by Crippen LogP contribution is 2.43. The van der Waals surface area contributed by atoms with E-state index >= 15 is 0 Å². The molecule has 2 fully saturated rings. The third-order valence-electron chi connectivity index (χ3n) is 11.3. The Balaban J connectivity index is 0.000000232. The summed E-state index contributed by atoms with van der Waals surface area (Å²) in [5.74, 6) is -0.157. The van der Waals surface area contributed by atoms with Crippen molar-refractivity contribution in [2.24, 2.45) is 11.3 Å². The van der Waals surface area contributed by atoms with E-state index in [1.165, 1.54) is 25.3 Å². The first-order chi connectivity index (χ1) is 28.1. The zero-order valence-corrected chi connectivity index (χ0v) is 37.6.